The Kier molecular flexibility index (Phi) is 11.2. The monoisotopic (exact) mass is 508 g/mol. The zero-order valence-corrected chi connectivity index (χ0v) is 19.6. The van der Waals surface area contributed by atoms with Crippen molar-refractivity contribution in [1.29, 1.82) is 0 Å². The Morgan fingerprint density at radius 1 is 1.07 bits per heavy atom. The van der Waals surface area contributed by atoms with Gasteiger partial charge in [-0.05, 0) is 43.9 Å². The molecule has 2 rings (SSSR count). The average molecular weight is 508 g/mol. The Balaban J connectivity index is 0.00000364. The molecule has 1 aromatic carbocycles. The molecule has 0 aliphatic carbocycles. The molecule has 0 unspecified atom stereocenters. The van der Waals surface area contributed by atoms with Crippen molar-refractivity contribution in [3.05, 3.63) is 29.8 Å². The van der Waals surface area contributed by atoms with E-state index in [0.29, 0.717) is 24.5 Å². The number of sulfonamides is 1. The first-order chi connectivity index (χ1) is 12.6. The highest BCUT2D eigenvalue weighted by atomic mass is 127. The second-order valence-electron chi connectivity index (χ2n) is 6.58. The number of nitrogens with zero attached hydrogens (tertiary/aromatic N) is 2. The maximum atomic E-state index is 12.7. The number of hydrogen-bond donors (Lipinski definition) is 2. The molecule has 0 bridgehead atoms. The van der Waals surface area contributed by atoms with Gasteiger partial charge in [0.1, 0.15) is 0 Å². The number of nitrogens with one attached hydrogen (secondary N) is 2. The molecule has 0 saturated carbocycles. The van der Waals surface area contributed by atoms with Crippen LogP contribution in [0.1, 0.15) is 51.5 Å². The van der Waals surface area contributed by atoms with Crippen molar-refractivity contribution >= 4 is 40.0 Å². The summed E-state index contributed by atoms with van der Waals surface area (Å²) in [6.45, 7) is 7.68. The van der Waals surface area contributed by atoms with Crippen molar-refractivity contribution in [2.75, 3.05) is 26.2 Å². The molecule has 0 aromatic heterocycles. The molecular weight excluding hydrogens is 475 g/mol. The fraction of sp³-hybridized carbons (Fsp3) is 0.632. The summed E-state index contributed by atoms with van der Waals surface area (Å²) >= 11 is 0. The van der Waals surface area contributed by atoms with Crippen LogP contribution in [-0.4, -0.2) is 44.9 Å². The molecule has 154 valence electrons. The Bertz CT molecular complexity index is 671. The van der Waals surface area contributed by atoms with Crippen LogP contribution in [0.25, 0.3) is 0 Å². The van der Waals surface area contributed by atoms with Gasteiger partial charge in [0.15, 0.2) is 5.96 Å². The minimum Gasteiger partial charge on any atom is -0.357 e. The molecule has 0 radical (unpaired) electrons. The van der Waals surface area contributed by atoms with Crippen molar-refractivity contribution < 1.29 is 8.42 Å². The van der Waals surface area contributed by atoms with E-state index in [1.807, 2.05) is 19.1 Å². The molecular formula is C19H33IN4O2S. The molecule has 8 heteroatoms. The summed E-state index contributed by atoms with van der Waals surface area (Å²) < 4.78 is 27.0. The zero-order chi connectivity index (χ0) is 18.8. The van der Waals surface area contributed by atoms with Crippen LogP contribution in [0.15, 0.2) is 34.2 Å². The third kappa shape index (κ3) is 7.57. The average Bonchev–Trinajstić information content (AvgIpc) is 2.67. The normalized spacial score (nSPS) is 15.9. The molecule has 1 heterocycles. The molecule has 0 atom stereocenters. The smallest absolute Gasteiger partial charge is 0.243 e. The maximum Gasteiger partial charge on any atom is 0.243 e. The van der Waals surface area contributed by atoms with Gasteiger partial charge in [0.25, 0.3) is 0 Å². The zero-order valence-electron chi connectivity index (χ0n) is 16.4. The molecule has 6 nitrogen and oxygen atoms in total. The third-order valence-electron chi connectivity index (χ3n) is 4.46. The van der Waals surface area contributed by atoms with Crippen molar-refractivity contribution in [2.24, 2.45) is 4.99 Å². The number of rotatable bonds is 8. The predicted molar refractivity (Wildman–Crippen MR) is 122 cm³/mol. The van der Waals surface area contributed by atoms with Crippen LogP contribution in [0.2, 0.25) is 0 Å². The van der Waals surface area contributed by atoms with E-state index < -0.39 is 10.0 Å². The van der Waals surface area contributed by atoms with Crippen LogP contribution in [0.5, 0.6) is 0 Å². The molecule has 0 amide bonds. The highest BCUT2D eigenvalue weighted by Crippen LogP contribution is 2.21. The van der Waals surface area contributed by atoms with E-state index in [-0.39, 0.29) is 24.0 Å². The van der Waals surface area contributed by atoms with E-state index >= 15 is 0 Å². The van der Waals surface area contributed by atoms with Gasteiger partial charge in [-0.15, -0.1) is 24.0 Å². The third-order valence-corrected chi connectivity index (χ3v) is 6.38. The molecule has 1 aliphatic rings. The number of halogens is 1. The van der Waals surface area contributed by atoms with Gasteiger partial charge in [0.2, 0.25) is 10.0 Å². The summed E-state index contributed by atoms with van der Waals surface area (Å²) in [5.41, 5.74) is 0.996. The van der Waals surface area contributed by atoms with Crippen LogP contribution in [0.4, 0.5) is 0 Å². The van der Waals surface area contributed by atoms with Crippen molar-refractivity contribution in [3.63, 3.8) is 0 Å². The Morgan fingerprint density at radius 2 is 1.74 bits per heavy atom. The van der Waals surface area contributed by atoms with Gasteiger partial charge in [-0.1, -0.05) is 31.9 Å². The second-order valence-corrected chi connectivity index (χ2v) is 8.52. The van der Waals surface area contributed by atoms with E-state index in [9.17, 15) is 8.42 Å². The number of benzene rings is 1. The molecule has 27 heavy (non-hydrogen) atoms. The molecule has 1 aliphatic heterocycles. The summed E-state index contributed by atoms with van der Waals surface area (Å²) in [5.74, 6) is 0.797. The summed E-state index contributed by atoms with van der Waals surface area (Å²) in [7, 11) is -3.36. The van der Waals surface area contributed by atoms with Gasteiger partial charge in [0.05, 0.1) is 11.4 Å². The first-order valence-electron chi connectivity index (χ1n) is 9.69. The molecule has 2 N–H and O–H groups in total. The van der Waals surface area contributed by atoms with Crippen LogP contribution < -0.4 is 10.6 Å². The summed E-state index contributed by atoms with van der Waals surface area (Å²) in [6, 6.07) is 7.12. The fourth-order valence-corrected chi connectivity index (χ4v) is 4.43. The Morgan fingerprint density at radius 3 is 2.33 bits per heavy atom. The summed E-state index contributed by atoms with van der Waals surface area (Å²) in [6.07, 6.45) is 5.25. The molecule has 0 spiro atoms. The Hall–Kier alpha value is -0.870. The fourth-order valence-electron chi connectivity index (χ4n) is 2.92. The van der Waals surface area contributed by atoms with E-state index in [0.717, 1.165) is 56.7 Å². The van der Waals surface area contributed by atoms with Crippen LogP contribution in [-0.2, 0) is 16.6 Å². The van der Waals surface area contributed by atoms with Gasteiger partial charge in [-0.3, -0.25) is 0 Å². The van der Waals surface area contributed by atoms with Gasteiger partial charge in [0, 0.05) is 26.2 Å². The number of piperidine rings is 1. The SMILES string of the molecule is CCCCNC(=NCc1ccc(S(=O)(=O)N2CCCCC2)cc1)NCC.I. The molecule has 1 aromatic rings. The van der Waals surface area contributed by atoms with Gasteiger partial charge in [-0.25, -0.2) is 13.4 Å². The van der Waals surface area contributed by atoms with E-state index in [2.05, 4.69) is 22.5 Å². The van der Waals surface area contributed by atoms with E-state index in [1.54, 1.807) is 16.4 Å². The number of hydrogen-bond acceptors (Lipinski definition) is 3. The van der Waals surface area contributed by atoms with Crippen molar-refractivity contribution in [1.82, 2.24) is 14.9 Å². The highest BCUT2D eigenvalue weighted by Gasteiger charge is 2.25. The standard InChI is InChI=1S/C19H32N4O2S.HI/c1-3-5-13-21-19(20-4-2)22-16-17-9-11-18(12-10-17)26(24,25)23-14-7-6-8-15-23;/h9-12H,3-8,13-16H2,1-2H3,(H2,20,21,22);1H. The van der Waals surface area contributed by atoms with Crippen molar-refractivity contribution in [3.8, 4) is 0 Å². The summed E-state index contributed by atoms with van der Waals surface area (Å²) in [5, 5.41) is 6.53. The lowest BCUT2D eigenvalue weighted by molar-refractivity contribution is 0.346. The van der Waals surface area contributed by atoms with Crippen LogP contribution in [0.3, 0.4) is 0 Å². The number of unbranched alkanes of at least 4 members (excludes halogenated alkanes) is 1. The first kappa shape index (κ1) is 24.2. The van der Waals surface area contributed by atoms with Gasteiger partial charge in [-0.2, -0.15) is 4.31 Å². The van der Waals surface area contributed by atoms with Crippen LogP contribution >= 0.6 is 24.0 Å². The topological polar surface area (TPSA) is 73.8 Å². The minimum absolute atomic E-state index is 0. The minimum atomic E-state index is -3.36. The highest BCUT2D eigenvalue weighted by molar-refractivity contribution is 14.0. The van der Waals surface area contributed by atoms with E-state index in [1.165, 1.54) is 0 Å². The van der Waals surface area contributed by atoms with Gasteiger partial charge >= 0.3 is 0 Å². The van der Waals surface area contributed by atoms with Crippen molar-refractivity contribution in [2.45, 2.75) is 57.4 Å². The number of aliphatic imine (C=N–C) groups is 1. The Labute approximate surface area is 181 Å². The largest absolute Gasteiger partial charge is 0.357 e. The first-order valence-corrected chi connectivity index (χ1v) is 11.1. The maximum absolute atomic E-state index is 12.7. The number of guanidine groups is 1. The lowest BCUT2D eigenvalue weighted by Crippen LogP contribution is -2.37. The quantitative estimate of drug-likeness (QED) is 0.245. The molecule has 1 fully saturated rings. The van der Waals surface area contributed by atoms with E-state index in [4.69, 9.17) is 0 Å². The lowest BCUT2D eigenvalue weighted by Gasteiger charge is -2.25. The van der Waals surface area contributed by atoms with Crippen LogP contribution in [0, 0.1) is 0 Å². The lowest BCUT2D eigenvalue weighted by atomic mass is 10.2. The molecule has 1 saturated heterocycles. The predicted octanol–water partition coefficient (Wildman–Crippen LogP) is 3.33. The van der Waals surface area contributed by atoms with Gasteiger partial charge < -0.3 is 10.6 Å². The summed E-state index contributed by atoms with van der Waals surface area (Å²) in [4.78, 5) is 4.95. The second kappa shape index (κ2) is 12.6.